The summed E-state index contributed by atoms with van der Waals surface area (Å²) in [6, 6.07) is 12.5. The number of pyridine rings is 1. The maximum absolute atomic E-state index is 11.4. The van der Waals surface area contributed by atoms with Crippen molar-refractivity contribution < 1.29 is 4.79 Å². The van der Waals surface area contributed by atoms with E-state index in [-0.39, 0.29) is 5.91 Å². The molecule has 0 fully saturated rings. The fourth-order valence-electron chi connectivity index (χ4n) is 2.10. The van der Waals surface area contributed by atoms with Gasteiger partial charge < -0.3 is 5.32 Å². The van der Waals surface area contributed by atoms with Crippen LogP contribution < -0.4 is 5.32 Å². The maximum Gasteiger partial charge on any atom is 0.222 e. The van der Waals surface area contributed by atoms with E-state index < -0.39 is 0 Å². The van der Waals surface area contributed by atoms with Crippen molar-refractivity contribution in [2.24, 2.45) is 0 Å². The SMILES string of the molecule is CC(=O)Nc1cc(-c2ccc(Cl)c(Cl)c2)nn1-c1ccccn1. The van der Waals surface area contributed by atoms with Crippen LogP contribution in [0.3, 0.4) is 0 Å². The number of hydrogen-bond donors (Lipinski definition) is 1. The standard InChI is InChI=1S/C16H12Cl2N4O/c1-10(23)20-16-9-14(11-5-6-12(17)13(18)8-11)21-22(16)15-4-2-3-7-19-15/h2-9H,1H3,(H,20,23). The van der Waals surface area contributed by atoms with E-state index in [0.717, 1.165) is 5.56 Å². The average molecular weight is 347 g/mol. The van der Waals surface area contributed by atoms with E-state index in [4.69, 9.17) is 23.2 Å². The first-order valence-electron chi connectivity index (χ1n) is 6.79. The number of benzene rings is 1. The second-order valence-electron chi connectivity index (χ2n) is 4.82. The third-order valence-corrected chi connectivity index (χ3v) is 3.83. The molecule has 1 N–H and O–H groups in total. The molecule has 2 heterocycles. The van der Waals surface area contributed by atoms with Crippen molar-refractivity contribution in [1.82, 2.24) is 14.8 Å². The number of rotatable bonds is 3. The van der Waals surface area contributed by atoms with Gasteiger partial charge in [-0.15, -0.1) is 0 Å². The van der Waals surface area contributed by atoms with Gasteiger partial charge in [0.25, 0.3) is 0 Å². The molecular formula is C16H12Cl2N4O. The van der Waals surface area contributed by atoms with Gasteiger partial charge in [0.1, 0.15) is 5.82 Å². The molecule has 5 nitrogen and oxygen atoms in total. The highest BCUT2D eigenvalue weighted by atomic mass is 35.5. The highest BCUT2D eigenvalue weighted by Crippen LogP contribution is 2.30. The van der Waals surface area contributed by atoms with Gasteiger partial charge in [0.2, 0.25) is 5.91 Å². The molecule has 1 aromatic carbocycles. The van der Waals surface area contributed by atoms with Crippen molar-refractivity contribution in [2.75, 3.05) is 5.32 Å². The Morgan fingerprint density at radius 2 is 1.96 bits per heavy atom. The predicted molar refractivity (Wildman–Crippen MR) is 91.1 cm³/mol. The molecule has 1 amide bonds. The number of carbonyl (C=O) groups excluding carboxylic acids is 1. The minimum atomic E-state index is -0.192. The molecule has 2 aromatic heterocycles. The average Bonchev–Trinajstić information content (AvgIpc) is 2.94. The highest BCUT2D eigenvalue weighted by molar-refractivity contribution is 6.42. The summed E-state index contributed by atoms with van der Waals surface area (Å²) in [5.41, 5.74) is 1.44. The number of anilines is 1. The van der Waals surface area contributed by atoms with Gasteiger partial charge in [-0.2, -0.15) is 9.78 Å². The third-order valence-electron chi connectivity index (χ3n) is 3.10. The molecule has 0 aliphatic rings. The molecule has 0 unspecified atom stereocenters. The van der Waals surface area contributed by atoms with Crippen LogP contribution in [0.1, 0.15) is 6.92 Å². The van der Waals surface area contributed by atoms with Gasteiger partial charge in [-0.1, -0.05) is 35.3 Å². The molecule has 0 atom stereocenters. The zero-order valence-electron chi connectivity index (χ0n) is 12.1. The van der Waals surface area contributed by atoms with E-state index >= 15 is 0 Å². The van der Waals surface area contributed by atoms with Crippen LogP contribution in [0.5, 0.6) is 0 Å². The molecule has 116 valence electrons. The minimum absolute atomic E-state index is 0.192. The Morgan fingerprint density at radius 1 is 1.13 bits per heavy atom. The van der Waals surface area contributed by atoms with Crippen LogP contribution in [0.15, 0.2) is 48.7 Å². The van der Waals surface area contributed by atoms with E-state index in [1.807, 2.05) is 18.2 Å². The molecule has 3 aromatic rings. The smallest absolute Gasteiger partial charge is 0.222 e. The molecule has 3 rings (SSSR count). The highest BCUT2D eigenvalue weighted by Gasteiger charge is 2.13. The normalized spacial score (nSPS) is 10.6. The van der Waals surface area contributed by atoms with Gasteiger partial charge in [0.05, 0.1) is 15.7 Å². The Balaban J connectivity index is 2.10. The molecule has 0 radical (unpaired) electrons. The van der Waals surface area contributed by atoms with Crippen LogP contribution in [0.25, 0.3) is 17.1 Å². The van der Waals surface area contributed by atoms with Crippen LogP contribution in [0.4, 0.5) is 5.82 Å². The molecule has 0 saturated heterocycles. The quantitative estimate of drug-likeness (QED) is 0.772. The first-order chi connectivity index (χ1) is 11.0. The van der Waals surface area contributed by atoms with Crippen LogP contribution in [0, 0.1) is 0 Å². The van der Waals surface area contributed by atoms with Crippen molar-refractivity contribution in [1.29, 1.82) is 0 Å². The minimum Gasteiger partial charge on any atom is -0.311 e. The zero-order chi connectivity index (χ0) is 16.4. The number of hydrogen-bond acceptors (Lipinski definition) is 3. The summed E-state index contributed by atoms with van der Waals surface area (Å²) in [5, 5.41) is 8.18. The summed E-state index contributed by atoms with van der Waals surface area (Å²) in [7, 11) is 0. The van der Waals surface area contributed by atoms with Crippen LogP contribution in [0.2, 0.25) is 10.0 Å². The molecule has 23 heavy (non-hydrogen) atoms. The zero-order valence-corrected chi connectivity index (χ0v) is 13.6. The molecule has 7 heteroatoms. The fourth-order valence-corrected chi connectivity index (χ4v) is 2.40. The van der Waals surface area contributed by atoms with Crippen LogP contribution >= 0.6 is 23.2 Å². The van der Waals surface area contributed by atoms with Gasteiger partial charge in [0.15, 0.2) is 5.82 Å². The number of aromatic nitrogens is 3. The number of amides is 1. The first kappa shape index (κ1) is 15.5. The second kappa shape index (κ2) is 6.40. The first-order valence-corrected chi connectivity index (χ1v) is 7.54. The third kappa shape index (κ3) is 3.36. The monoisotopic (exact) mass is 346 g/mol. The molecule has 0 aliphatic carbocycles. The van der Waals surface area contributed by atoms with Crippen molar-refractivity contribution in [3.63, 3.8) is 0 Å². The molecule has 0 aliphatic heterocycles. The van der Waals surface area contributed by atoms with Crippen molar-refractivity contribution in [3.05, 3.63) is 58.7 Å². The lowest BCUT2D eigenvalue weighted by atomic mass is 10.1. The Labute approximate surface area is 142 Å². The lowest BCUT2D eigenvalue weighted by Gasteiger charge is -2.05. The van der Waals surface area contributed by atoms with Crippen molar-refractivity contribution in [3.8, 4) is 17.1 Å². The lowest BCUT2D eigenvalue weighted by molar-refractivity contribution is -0.114. The van der Waals surface area contributed by atoms with Gasteiger partial charge in [-0.3, -0.25) is 4.79 Å². The largest absolute Gasteiger partial charge is 0.311 e. The van der Waals surface area contributed by atoms with E-state index in [9.17, 15) is 4.79 Å². The fraction of sp³-hybridized carbons (Fsp3) is 0.0625. The summed E-state index contributed by atoms with van der Waals surface area (Å²) in [4.78, 5) is 15.7. The summed E-state index contributed by atoms with van der Waals surface area (Å²) in [6.45, 7) is 1.44. The molecule has 0 spiro atoms. The topological polar surface area (TPSA) is 59.8 Å². The Morgan fingerprint density at radius 3 is 2.61 bits per heavy atom. The summed E-state index contributed by atoms with van der Waals surface area (Å²) < 4.78 is 1.57. The predicted octanol–water partition coefficient (Wildman–Crippen LogP) is 4.20. The summed E-state index contributed by atoms with van der Waals surface area (Å²) in [6.07, 6.45) is 1.66. The lowest BCUT2D eigenvalue weighted by Crippen LogP contribution is -2.11. The summed E-state index contributed by atoms with van der Waals surface area (Å²) >= 11 is 12.0. The van der Waals surface area contributed by atoms with E-state index in [0.29, 0.717) is 27.4 Å². The number of nitrogens with zero attached hydrogens (tertiary/aromatic N) is 3. The number of nitrogens with one attached hydrogen (secondary N) is 1. The molecule has 0 bridgehead atoms. The van der Waals surface area contributed by atoms with Crippen molar-refractivity contribution in [2.45, 2.75) is 6.92 Å². The van der Waals surface area contributed by atoms with Crippen LogP contribution in [-0.2, 0) is 4.79 Å². The summed E-state index contributed by atoms with van der Waals surface area (Å²) in [5.74, 6) is 0.933. The molecular weight excluding hydrogens is 335 g/mol. The van der Waals surface area contributed by atoms with Crippen LogP contribution in [-0.4, -0.2) is 20.7 Å². The number of carbonyl (C=O) groups is 1. The molecule has 0 saturated carbocycles. The Kier molecular flexibility index (Phi) is 4.32. The Hall–Kier alpha value is -2.37. The van der Waals surface area contributed by atoms with Gasteiger partial charge in [0, 0.05) is 24.8 Å². The van der Waals surface area contributed by atoms with E-state index in [2.05, 4.69) is 15.4 Å². The second-order valence-corrected chi connectivity index (χ2v) is 5.64. The Bertz CT molecular complexity index is 862. The van der Waals surface area contributed by atoms with E-state index in [1.165, 1.54) is 6.92 Å². The van der Waals surface area contributed by atoms with Crippen molar-refractivity contribution >= 4 is 34.9 Å². The van der Waals surface area contributed by atoms with Gasteiger partial charge >= 0.3 is 0 Å². The van der Waals surface area contributed by atoms with Gasteiger partial charge in [-0.05, 0) is 24.3 Å². The van der Waals surface area contributed by atoms with Gasteiger partial charge in [-0.25, -0.2) is 4.98 Å². The number of halogens is 2. The maximum atomic E-state index is 11.4. The van der Waals surface area contributed by atoms with E-state index in [1.54, 1.807) is 35.1 Å².